The number of nitrogens with zero attached hydrogens (tertiary/aromatic N) is 1. The lowest BCUT2D eigenvalue weighted by molar-refractivity contribution is -0.142. The normalized spacial score (nSPS) is 12.5. The van der Waals surface area contributed by atoms with Crippen molar-refractivity contribution in [2.75, 3.05) is 7.05 Å². The highest BCUT2D eigenvalue weighted by Gasteiger charge is 2.26. The average Bonchev–Trinajstić information content (AvgIpc) is 2.35. The van der Waals surface area contributed by atoms with Gasteiger partial charge in [0.15, 0.2) is 0 Å². The molecule has 0 aliphatic rings. The Morgan fingerprint density at radius 2 is 2.08 bits per heavy atom. The van der Waals surface area contributed by atoms with Gasteiger partial charge in [0.1, 0.15) is 0 Å². The highest BCUT2D eigenvalue weighted by molar-refractivity contribution is 7.16. The second-order valence-electron chi connectivity index (χ2n) is 3.19. The number of hydrogen-bond donors (Lipinski definition) is 1. The van der Waals surface area contributed by atoms with Crippen LogP contribution in [0.2, 0.25) is 4.34 Å². The second kappa shape index (κ2) is 3.34. The highest BCUT2D eigenvalue weighted by Crippen LogP contribution is 2.33. The summed E-state index contributed by atoms with van der Waals surface area (Å²) in [5.41, 5.74) is -0.363. The molecule has 1 aromatic rings. The van der Waals surface area contributed by atoms with Gasteiger partial charge in [-0.25, -0.2) is 0 Å². The summed E-state index contributed by atoms with van der Waals surface area (Å²) in [5, 5.41) is 10.5. The van der Waals surface area contributed by atoms with Gasteiger partial charge < -0.3 is 5.21 Å². The SMILES string of the molecule is CN(O)C(C)(C)c1ccc(Cl)s1. The minimum atomic E-state index is -0.363. The topological polar surface area (TPSA) is 23.5 Å². The molecule has 0 saturated heterocycles. The lowest BCUT2D eigenvalue weighted by atomic mass is 10.0. The Bertz CT molecular complexity index is 270. The van der Waals surface area contributed by atoms with Gasteiger partial charge in [0.25, 0.3) is 0 Å². The maximum atomic E-state index is 9.34. The molecule has 0 aromatic carbocycles. The largest absolute Gasteiger partial charge is 0.313 e. The molecule has 0 unspecified atom stereocenters. The Kier molecular flexibility index (Phi) is 2.78. The standard InChI is InChI=1S/C8H12ClNOS/c1-8(2,10(3)11)6-4-5-7(9)12-6/h4-5,11H,1-3H3. The lowest BCUT2D eigenvalue weighted by Crippen LogP contribution is -2.34. The summed E-state index contributed by atoms with van der Waals surface area (Å²) in [7, 11) is 1.63. The van der Waals surface area contributed by atoms with Crippen molar-refractivity contribution >= 4 is 22.9 Å². The van der Waals surface area contributed by atoms with Crippen molar-refractivity contribution in [3.8, 4) is 0 Å². The fourth-order valence-electron chi connectivity index (χ4n) is 0.803. The molecule has 68 valence electrons. The molecular weight excluding hydrogens is 194 g/mol. The molecule has 0 spiro atoms. The summed E-state index contributed by atoms with van der Waals surface area (Å²) in [6.45, 7) is 3.88. The van der Waals surface area contributed by atoms with Crippen LogP contribution in [0.3, 0.4) is 0 Å². The first-order chi connectivity index (χ1) is 5.44. The smallest absolute Gasteiger partial charge is 0.0931 e. The summed E-state index contributed by atoms with van der Waals surface area (Å²) in [5.74, 6) is 0. The van der Waals surface area contributed by atoms with E-state index < -0.39 is 0 Å². The molecule has 12 heavy (non-hydrogen) atoms. The Morgan fingerprint density at radius 1 is 1.50 bits per heavy atom. The molecule has 1 aromatic heterocycles. The first kappa shape index (κ1) is 9.99. The van der Waals surface area contributed by atoms with Gasteiger partial charge in [0.2, 0.25) is 0 Å². The van der Waals surface area contributed by atoms with Gasteiger partial charge in [-0.1, -0.05) is 11.6 Å². The molecular formula is C8H12ClNOS. The lowest BCUT2D eigenvalue weighted by Gasteiger charge is -2.29. The van der Waals surface area contributed by atoms with Crippen molar-refractivity contribution in [1.29, 1.82) is 0 Å². The van der Waals surface area contributed by atoms with Crippen LogP contribution in [0.25, 0.3) is 0 Å². The number of rotatable bonds is 2. The van der Waals surface area contributed by atoms with Crippen LogP contribution < -0.4 is 0 Å². The summed E-state index contributed by atoms with van der Waals surface area (Å²) < 4.78 is 0.750. The Balaban J connectivity index is 2.97. The Hall–Kier alpha value is -0.0900. The van der Waals surface area contributed by atoms with Crippen molar-refractivity contribution in [1.82, 2.24) is 5.06 Å². The van der Waals surface area contributed by atoms with Crippen molar-refractivity contribution < 1.29 is 5.21 Å². The van der Waals surface area contributed by atoms with Crippen LogP contribution >= 0.6 is 22.9 Å². The van der Waals surface area contributed by atoms with Crippen molar-refractivity contribution in [2.45, 2.75) is 19.4 Å². The number of halogens is 1. The summed E-state index contributed by atoms with van der Waals surface area (Å²) in [4.78, 5) is 1.05. The van der Waals surface area contributed by atoms with Gasteiger partial charge >= 0.3 is 0 Å². The Labute approximate surface area is 81.3 Å². The number of hydroxylamine groups is 2. The number of thiophene rings is 1. The van der Waals surface area contributed by atoms with Crippen LogP contribution in [0.1, 0.15) is 18.7 Å². The minimum absolute atomic E-state index is 0.363. The van der Waals surface area contributed by atoms with E-state index in [1.807, 2.05) is 26.0 Å². The van der Waals surface area contributed by atoms with Crippen LogP contribution in [0.4, 0.5) is 0 Å². The van der Waals surface area contributed by atoms with Gasteiger partial charge in [0.05, 0.1) is 9.88 Å². The zero-order chi connectivity index (χ0) is 9.35. The van der Waals surface area contributed by atoms with Crippen LogP contribution in [0.5, 0.6) is 0 Å². The van der Waals surface area contributed by atoms with Crippen molar-refractivity contribution in [3.05, 3.63) is 21.3 Å². The second-order valence-corrected chi connectivity index (χ2v) is 4.90. The molecule has 0 amide bonds. The molecule has 1 N–H and O–H groups in total. The number of hydrogen-bond acceptors (Lipinski definition) is 3. The van der Waals surface area contributed by atoms with E-state index in [9.17, 15) is 5.21 Å². The molecule has 0 aliphatic heterocycles. The van der Waals surface area contributed by atoms with Gasteiger partial charge in [-0.2, -0.15) is 5.06 Å². The Morgan fingerprint density at radius 3 is 2.42 bits per heavy atom. The zero-order valence-electron chi connectivity index (χ0n) is 7.34. The predicted molar refractivity (Wildman–Crippen MR) is 51.9 cm³/mol. The molecule has 0 bridgehead atoms. The van der Waals surface area contributed by atoms with E-state index in [2.05, 4.69) is 0 Å². The maximum absolute atomic E-state index is 9.34. The third kappa shape index (κ3) is 1.80. The van der Waals surface area contributed by atoms with Gasteiger partial charge in [-0.3, -0.25) is 0 Å². The van der Waals surface area contributed by atoms with E-state index in [-0.39, 0.29) is 5.54 Å². The first-order valence-electron chi connectivity index (χ1n) is 3.63. The maximum Gasteiger partial charge on any atom is 0.0931 e. The van der Waals surface area contributed by atoms with Gasteiger partial charge in [0, 0.05) is 11.9 Å². The molecule has 4 heteroatoms. The average molecular weight is 206 g/mol. The van der Waals surface area contributed by atoms with E-state index >= 15 is 0 Å². The van der Waals surface area contributed by atoms with Crippen LogP contribution in [-0.2, 0) is 5.54 Å². The third-order valence-electron chi connectivity index (χ3n) is 1.99. The molecule has 0 saturated carbocycles. The van der Waals surface area contributed by atoms with E-state index in [1.165, 1.54) is 16.4 Å². The predicted octanol–water partition coefficient (Wildman–Crippen LogP) is 2.96. The molecule has 0 fully saturated rings. The van der Waals surface area contributed by atoms with Crippen LogP contribution in [-0.4, -0.2) is 17.3 Å². The summed E-state index contributed by atoms with van der Waals surface area (Å²) in [6.07, 6.45) is 0. The fourth-order valence-corrected chi connectivity index (χ4v) is 1.98. The zero-order valence-corrected chi connectivity index (χ0v) is 8.91. The molecule has 2 nitrogen and oxygen atoms in total. The van der Waals surface area contributed by atoms with Gasteiger partial charge in [-0.15, -0.1) is 11.3 Å². The monoisotopic (exact) mass is 205 g/mol. The molecule has 0 aliphatic carbocycles. The van der Waals surface area contributed by atoms with Crippen molar-refractivity contribution in [3.63, 3.8) is 0 Å². The molecule has 1 rings (SSSR count). The molecule has 1 heterocycles. The van der Waals surface area contributed by atoms with E-state index in [0.717, 1.165) is 9.21 Å². The van der Waals surface area contributed by atoms with Gasteiger partial charge in [-0.05, 0) is 26.0 Å². The quantitative estimate of drug-likeness (QED) is 0.751. The van der Waals surface area contributed by atoms with E-state index in [4.69, 9.17) is 11.6 Å². The van der Waals surface area contributed by atoms with E-state index in [1.54, 1.807) is 7.05 Å². The first-order valence-corrected chi connectivity index (χ1v) is 4.82. The molecule has 0 atom stereocenters. The summed E-state index contributed by atoms with van der Waals surface area (Å²) in [6, 6.07) is 3.77. The third-order valence-corrected chi connectivity index (χ3v) is 3.53. The van der Waals surface area contributed by atoms with Crippen LogP contribution in [0.15, 0.2) is 12.1 Å². The minimum Gasteiger partial charge on any atom is -0.313 e. The van der Waals surface area contributed by atoms with E-state index in [0.29, 0.717) is 0 Å². The summed E-state index contributed by atoms with van der Waals surface area (Å²) >= 11 is 7.28. The fraction of sp³-hybridized carbons (Fsp3) is 0.500. The van der Waals surface area contributed by atoms with Crippen molar-refractivity contribution in [2.24, 2.45) is 0 Å². The van der Waals surface area contributed by atoms with Crippen LogP contribution in [0, 0.1) is 0 Å². The highest BCUT2D eigenvalue weighted by atomic mass is 35.5. The molecule has 0 radical (unpaired) electrons.